The fourth-order valence-corrected chi connectivity index (χ4v) is 2.84. The van der Waals surface area contributed by atoms with Crippen LogP contribution in [0.2, 0.25) is 0 Å². The molecule has 3 rings (SSSR count). The highest BCUT2D eigenvalue weighted by Gasteiger charge is 2.49. The first-order chi connectivity index (χ1) is 10.7. The normalized spacial score (nSPS) is 38.5. The van der Waals surface area contributed by atoms with Crippen molar-refractivity contribution in [1.29, 1.82) is 0 Å². The quantitative estimate of drug-likeness (QED) is 0.764. The Morgan fingerprint density at radius 1 is 1.14 bits per heavy atom. The number of aliphatic hydroxyl groups excluding tert-OH is 2. The predicted molar refractivity (Wildman–Crippen MR) is 80.4 cm³/mol. The molecule has 2 N–H and O–H groups in total. The third-order valence-electron chi connectivity index (χ3n) is 3.76. The average molecular weight is 375 g/mol. The summed E-state index contributed by atoms with van der Waals surface area (Å²) in [7, 11) is 0. The number of ether oxygens (including phenoxy) is 4. The van der Waals surface area contributed by atoms with E-state index in [1.165, 1.54) is 0 Å². The summed E-state index contributed by atoms with van der Waals surface area (Å²) in [6.45, 7) is 0.641. The molecule has 22 heavy (non-hydrogen) atoms. The molecular formula is C15H19BrO6. The number of fused-ring (bicyclic) bond motifs is 1. The Labute approximate surface area is 137 Å². The molecule has 0 amide bonds. The van der Waals surface area contributed by atoms with Crippen molar-refractivity contribution in [2.75, 3.05) is 18.5 Å². The van der Waals surface area contributed by atoms with E-state index in [9.17, 15) is 10.2 Å². The highest BCUT2D eigenvalue weighted by molar-refractivity contribution is 9.09. The highest BCUT2D eigenvalue weighted by Crippen LogP contribution is 2.34. The Morgan fingerprint density at radius 2 is 1.91 bits per heavy atom. The zero-order valence-electron chi connectivity index (χ0n) is 11.9. The standard InChI is InChI=1S/C15H19BrO6/c16-6-7-19-15-12(18)11(17)13-10(21-15)8-20-14(22-13)9-4-2-1-3-5-9/h1-5,10-15,17-18H,6-8H2/t10-,11-,12-,13-,14?,15-/m1/s1. The third kappa shape index (κ3) is 3.35. The van der Waals surface area contributed by atoms with Gasteiger partial charge < -0.3 is 29.2 Å². The van der Waals surface area contributed by atoms with Gasteiger partial charge in [-0.1, -0.05) is 46.3 Å². The summed E-state index contributed by atoms with van der Waals surface area (Å²) in [6.07, 6.45) is -4.83. The van der Waals surface area contributed by atoms with Gasteiger partial charge in [0.2, 0.25) is 0 Å². The number of aliphatic hydroxyl groups is 2. The second kappa shape index (κ2) is 7.35. The largest absolute Gasteiger partial charge is 0.387 e. The van der Waals surface area contributed by atoms with Gasteiger partial charge in [-0.3, -0.25) is 0 Å². The predicted octanol–water partition coefficient (Wildman–Crippen LogP) is 0.959. The van der Waals surface area contributed by atoms with Gasteiger partial charge in [0.15, 0.2) is 12.6 Å². The highest BCUT2D eigenvalue weighted by atomic mass is 79.9. The van der Waals surface area contributed by atoms with Crippen molar-refractivity contribution < 1.29 is 29.2 Å². The number of hydrogen-bond acceptors (Lipinski definition) is 6. The van der Waals surface area contributed by atoms with Crippen molar-refractivity contribution in [1.82, 2.24) is 0 Å². The van der Waals surface area contributed by atoms with Crippen molar-refractivity contribution in [3.05, 3.63) is 35.9 Å². The van der Waals surface area contributed by atoms with E-state index >= 15 is 0 Å². The van der Waals surface area contributed by atoms with Crippen LogP contribution in [0.1, 0.15) is 11.9 Å². The smallest absolute Gasteiger partial charge is 0.186 e. The zero-order chi connectivity index (χ0) is 15.5. The van der Waals surface area contributed by atoms with Gasteiger partial charge in [-0.2, -0.15) is 0 Å². The molecule has 1 aromatic rings. The first kappa shape index (κ1) is 16.3. The van der Waals surface area contributed by atoms with Gasteiger partial charge in [0.25, 0.3) is 0 Å². The zero-order valence-corrected chi connectivity index (χ0v) is 13.5. The van der Waals surface area contributed by atoms with E-state index < -0.39 is 37.0 Å². The van der Waals surface area contributed by atoms with Crippen LogP contribution in [0.15, 0.2) is 30.3 Å². The van der Waals surface area contributed by atoms with Gasteiger partial charge in [-0.15, -0.1) is 0 Å². The van der Waals surface area contributed by atoms with Crippen LogP contribution in [-0.4, -0.2) is 59.5 Å². The minimum absolute atomic E-state index is 0.266. The summed E-state index contributed by atoms with van der Waals surface area (Å²) in [5.74, 6) is 0. The maximum Gasteiger partial charge on any atom is 0.186 e. The van der Waals surface area contributed by atoms with E-state index in [-0.39, 0.29) is 6.61 Å². The molecule has 0 radical (unpaired) electrons. The van der Waals surface area contributed by atoms with Crippen molar-refractivity contribution in [2.45, 2.75) is 37.0 Å². The molecule has 2 aliphatic rings. The molecule has 122 valence electrons. The first-order valence-corrected chi connectivity index (χ1v) is 8.34. The van der Waals surface area contributed by atoms with Gasteiger partial charge in [0.05, 0.1) is 13.2 Å². The molecule has 6 atom stereocenters. The molecule has 6 nitrogen and oxygen atoms in total. The minimum atomic E-state index is -1.16. The second-order valence-electron chi connectivity index (χ2n) is 5.26. The van der Waals surface area contributed by atoms with E-state index in [0.717, 1.165) is 5.56 Å². The summed E-state index contributed by atoms with van der Waals surface area (Å²) in [5, 5.41) is 21.0. The lowest BCUT2D eigenvalue weighted by molar-refractivity contribution is -0.360. The molecule has 2 heterocycles. The Kier molecular flexibility index (Phi) is 5.46. The van der Waals surface area contributed by atoms with E-state index in [4.69, 9.17) is 18.9 Å². The fourth-order valence-electron chi connectivity index (χ4n) is 2.66. The molecular weight excluding hydrogens is 356 g/mol. The van der Waals surface area contributed by atoms with Crippen molar-refractivity contribution in [3.63, 3.8) is 0 Å². The summed E-state index contributed by atoms with van der Waals surface area (Å²) >= 11 is 3.24. The number of halogens is 1. The van der Waals surface area contributed by atoms with Crippen LogP contribution in [0, 0.1) is 0 Å². The third-order valence-corrected chi connectivity index (χ3v) is 4.09. The minimum Gasteiger partial charge on any atom is -0.387 e. The van der Waals surface area contributed by atoms with Gasteiger partial charge in [-0.05, 0) is 0 Å². The Bertz CT molecular complexity index is 470. The SMILES string of the molecule is O[C@@H]1[C@@H](O)[C@H](OCCBr)O[C@@H]2COC(c3ccccc3)O[C@@H]12. The molecule has 0 saturated carbocycles. The van der Waals surface area contributed by atoms with E-state index in [0.29, 0.717) is 11.9 Å². The lowest BCUT2D eigenvalue weighted by Crippen LogP contribution is -2.62. The molecule has 0 aromatic heterocycles. The van der Waals surface area contributed by atoms with Crippen LogP contribution < -0.4 is 0 Å². The average Bonchev–Trinajstić information content (AvgIpc) is 2.57. The molecule has 0 bridgehead atoms. The summed E-state index contributed by atoms with van der Waals surface area (Å²) in [4.78, 5) is 0. The molecule has 2 saturated heterocycles. The van der Waals surface area contributed by atoms with Gasteiger partial charge in [-0.25, -0.2) is 0 Å². The molecule has 0 spiro atoms. The Hall–Kier alpha value is -0.540. The summed E-state index contributed by atoms with van der Waals surface area (Å²) in [6, 6.07) is 9.46. The van der Waals surface area contributed by atoms with Crippen LogP contribution in [0.3, 0.4) is 0 Å². The fraction of sp³-hybridized carbons (Fsp3) is 0.600. The van der Waals surface area contributed by atoms with Crippen LogP contribution >= 0.6 is 15.9 Å². The van der Waals surface area contributed by atoms with E-state index in [1.807, 2.05) is 30.3 Å². The second-order valence-corrected chi connectivity index (χ2v) is 6.05. The Balaban J connectivity index is 1.67. The van der Waals surface area contributed by atoms with Gasteiger partial charge in [0, 0.05) is 10.9 Å². The molecule has 1 unspecified atom stereocenters. The lowest BCUT2D eigenvalue weighted by atomic mass is 9.98. The van der Waals surface area contributed by atoms with Crippen molar-refractivity contribution in [3.8, 4) is 0 Å². The van der Waals surface area contributed by atoms with Gasteiger partial charge >= 0.3 is 0 Å². The summed E-state index contributed by atoms with van der Waals surface area (Å²) in [5.41, 5.74) is 0.861. The molecule has 2 fully saturated rings. The monoisotopic (exact) mass is 374 g/mol. The van der Waals surface area contributed by atoms with Gasteiger partial charge in [0.1, 0.15) is 24.4 Å². The number of rotatable bonds is 4. The van der Waals surface area contributed by atoms with Crippen LogP contribution in [-0.2, 0) is 18.9 Å². The van der Waals surface area contributed by atoms with E-state index in [2.05, 4.69) is 15.9 Å². The topological polar surface area (TPSA) is 77.4 Å². The maximum absolute atomic E-state index is 10.3. The molecule has 1 aromatic carbocycles. The number of alkyl halides is 1. The first-order valence-electron chi connectivity index (χ1n) is 7.22. The van der Waals surface area contributed by atoms with Crippen LogP contribution in [0.25, 0.3) is 0 Å². The maximum atomic E-state index is 10.3. The summed E-state index contributed by atoms with van der Waals surface area (Å²) < 4.78 is 22.5. The Morgan fingerprint density at radius 3 is 2.64 bits per heavy atom. The molecule has 7 heteroatoms. The lowest BCUT2D eigenvalue weighted by Gasteiger charge is -2.46. The molecule has 0 aliphatic carbocycles. The van der Waals surface area contributed by atoms with Crippen molar-refractivity contribution >= 4 is 15.9 Å². The number of benzene rings is 1. The molecule has 2 aliphatic heterocycles. The van der Waals surface area contributed by atoms with Crippen LogP contribution in [0.5, 0.6) is 0 Å². The van der Waals surface area contributed by atoms with E-state index in [1.54, 1.807) is 0 Å². The number of hydrogen-bond donors (Lipinski definition) is 2. The van der Waals surface area contributed by atoms with Crippen molar-refractivity contribution in [2.24, 2.45) is 0 Å². The van der Waals surface area contributed by atoms with Crippen LogP contribution in [0.4, 0.5) is 0 Å².